The fourth-order valence-electron chi connectivity index (χ4n) is 3.06. The van der Waals surface area contributed by atoms with Crippen LogP contribution in [0.5, 0.6) is 0 Å². The maximum Gasteiger partial charge on any atom is 0.0678 e. The van der Waals surface area contributed by atoms with Gasteiger partial charge in [0.05, 0.1) is 12.2 Å². The first kappa shape index (κ1) is 14.5. The molecule has 0 radical (unpaired) electrons. The van der Waals surface area contributed by atoms with Crippen LogP contribution in [-0.4, -0.2) is 36.2 Å². The van der Waals surface area contributed by atoms with Crippen LogP contribution in [0.4, 0.5) is 0 Å². The van der Waals surface area contributed by atoms with E-state index in [1.54, 1.807) is 0 Å². The van der Waals surface area contributed by atoms with E-state index in [0.29, 0.717) is 0 Å². The lowest BCUT2D eigenvalue weighted by Gasteiger charge is -2.42. The SMILES string of the molecule is Cc1ccc(C(C(C)N)N2C[C@@H](C)O[C@@H](C)C2)cc1. The van der Waals surface area contributed by atoms with Gasteiger partial charge in [-0.25, -0.2) is 0 Å². The lowest BCUT2D eigenvalue weighted by molar-refractivity contribution is -0.0831. The molecule has 0 aliphatic carbocycles. The monoisotopic (exact) mass is 262 g/mol. The van der Waals surface area contributed by atoms with Crippen LogP contribution < -0.4 is 5.73 Å². The van der Waals surface area contributed by atoms with Gasteiger partial charge in [-0.15, -0.1) is 0 Å². The highest BCUT2D eigenvalue weighted by atomic mass is 16.5. The van der Waals surface area contributed by atoms with Gasteiger partial charge in [-0.3, -0.25) is 4.90 Å². The minimum absolute atomic E-state index is 0.111. The minimum atomic E-state index is 0.111. The molecule has 1 heterocycles. The normalized spacial score (nSPS) is 28.1. The molecule has 0 saturated carbocycles. The lowest BCUT2D eigenvalue weighted by Crippen LogP contribution is -2.50. The van der Waals surface area contributed by atoms with Crippen molar-refractivity contribution in [1.29, 1.82) is 0 Å². The van der Waals surface area contributed by atoms with Gasteiger partial charge in [0, 0.05) is 25.2 Å². The second-order valence-corrected chi connectivity index (χ2v) is 5.93. The van der Waals surface area contributed by atoms with E-state index >= 15 is 0 Å². The van der Waals surface area contributed by atoms with Crippen molar-refractivity contribution in [3.05, 3.63) is 35.4 Å². The van der Waals surface area contributed by atoms with Gasteiger partial charge in [0.15, 0.2) is 0 Å². The maximum absolute atomic E-state index is 6.25. The molecule has 1 fully saturated rings. The van der Waals surface area contributed by atoms with Gasteiger partial charge in [-0.1, -0.05) is 29.8 Å². The molecule has 1 aliphatic rings. The average molecular weight is 262 g/mol. The Kier molecular flexibility index (Phi) is 4.61. The highest BCUT2D eigenvalue weighted by molar-refractivity contribution is 5.25. The van der Waals surface area contributed by atoms with E-state index in [-0.39, 0.29) is 24.3 Å². The Labute approximate surface area is 116 Å². The van der Waals surface area contributed by atoms with Crippen LogP contribution in [0, 0.1) is 6.92 Å². The van der Waals surface area contributed by atoms with Crippen molar-refractivity contribution >= 4 is 0 Å². The number of benzene rings is 1. The van der Waals surface area contributed by atoms with Crippen LogP contribution >= 0.6 is 0 Å². The fraction of sp³-hybridized carbons (Fsp3) is 0.625. The van der Waals surface area contributed by atoms with Crippen molar-refractivity contribution in [2.24, 2.45) is 5.73 Å². The van der Waals surface area contributed by atoms with Crippen molar-refractivity contribution in [2.75, 3.05) is 13.1 Å². The van der Waals surface area contributed by atoms with Gasteiger partial charge >= 0.3 is 0 Å². The molecule has 106 valence electrons. The molecule has 3 nitrogen and oxygen atoms in total. The Morgan fingerprint density at radius 1 is 1.16 bits per heavy atom. The minimum Gasteiger partial charge on any atom is -0.373 e. The molecule has 1 saturated heterocycles. The van der Waals surface area contributed by atoms with Crippen molar-refractivity contribution < 1.29 is 4.74 Å². The van der Waals surface area contributed by atoms with Crippen LogP contribution in [0.2, 0.25) is 0 Å². The summed E-state index contributed by atoms with van der Waals surface area (Å²) in [7, 11) is 0. The number of nitrogens with zero attached hydrogens (tertiary/aromatic N) is 1. The van der Waals surface area contributed by atoms with E-state index in [4.69, 9.17) is 10.5 Å². The summed E-state index contributed by atoms with van der Waals surface area (Å²) in [5.74, 6) is 0. The lowest BCUT2D eigenvalue weighted by atomic mass is 9.97. The molecule has 4 atom stereocenters. The zero-order chi connectivity index (χ0) is 14.0. The molecule has 3 heteroatoms. The van der Waals surface area contributed by atoms with Crippen LogP contribution in [-0.2, 0) is 4.74 Å². The number of hydrogen-bond acceptors (Lipinski definition) is 3. The quantitative estimate of drug-likeness (QED) is 0.909. The Morgan fingerprint density at radius 2 is 1.68 bits per heavy atom. The molecular formula is C16H26N2O. The van der Waals surface area contributed by atoms with E-state index in [0.717, 1.165) is 13.1 Å². The highest BCUT2D eigenvalue weighted by Gasteiger charge is 2.30. The average Bonchev–Trinajstić information content (AvgIpc) is 2.30. The van der Waals surface area contributed by atoms with Gasteiger partial charge in [0.2, 0.25) is 0 Å². The van der Waals surface area contributed by atoms with Gasteiger partial charge in [0.25, 0.3) is 0 Å². The van der Waals surface area contributed by atoms with Crippen molar-refractivity contribution in [3.63, 3.8) is 0 Å². The summed E-state index contributed by atoms with van der Waals surface area (Å²) in [5, 5.41) is 0. The summed E-state index contributed by atoms with van der Waals surface area (Å²) in [4.78, 5) is 2.47. The van der Waals surface area contributed by atoms with E-state index < -0.39 is 0 Å². The van der Waals surface area contributed by atoms with Gasteiger partial charge in [-0.2, -0.15) is 0 Å². The highest BCUT2D eigenvalue weighted by Crippen LogP contribution is 2.27. The molecule has 2 unspecified atom stereocenters. The molecular weight excluding hydrogens is 236 g/mol. The topological polar surface area (TPSA) is 38.5 Å². The Morgan fingerprint density at radius 3 is 2.16 bits per heavy atom. The second-order valence-electron chi connectivity index (χ2n) is 5.93. The van der Waals surface area contributed by atoms with Gasteiger partial charge in [-0.05, 0) is 33.3 Å². The third-order valence-electron chi connectivity index (χ3n) is 3.76. The Bertz CT molecular complexity index is 392. The van der Waals surface area contributed by atoms with Crippen LogP contribution in [0.25, 0.3) is 0 Å². The van der Waals surface area contributed by atoms with Gasteiger partial charge < -0.3 is 10.5 Å². The van der Waals surface area contributed by atoms with E-state index in [1.807, 2.05) is 0 Å². The summed E-state index contributed by atoms with van der Waals surface area (Å²) in [6, 6.07) is 9.12. The number of aryl methyl sites for hydroxylation is 1. The van der Waals surface area contributed by atoms with Gasteiger partial charge in [0.1, 0.15) is 0 Å². The third kappa shape index (κ3) is 3.56. The first-order valence-corrected chi connectivity index (χ1v) is 7.19. The summed E-state index contributed by atoms with van der Waals surface area (Å²) in [5.41, 5.74) is 8.84. The molecule has 1 aliphatic heterocycles. The summed E-state index contributed by atoms with van der Waals surface area (Å²) in [6.07, 6.45) is 0.547. The maximum atomic E-state index is 6.25. The molecule has 19 heavy (non-hydrogen) atoms. The fourth-order valence-corrected chi connectivity index (χ4v) is 3.06. The number of morpholine rings is 1. The zero-order valence-corrected chi connectivity index (χ0v) is 12.5. The number of hydrogen-bond donors (Lipinski definition) is 1. The molecule has 2 rings (SSSR count). The number of nitrogens with two attached hydrogens (primary N) is 1. The van der Waals surface area contributed by atoms with Crippen molar-refractivity contribution in [3.8, 4) is 0 Å². The third-order valence-corrected chi connectivity index (χ3v) is 3.76. The number of ether oxygens (including phenoxy) is 1. The van der Waals surface area contributed by atoms with Crippen LogP contribution in [0.15, 0.2) is 24.3 Å². The predicted molar refractivity (Wildman–Crippen MR) is 79.2 cm³/mol. The summed E-state index contributed by atoms with van der Waals surface area (Å²) < 4.78 is 5.82. The van der Waals surface area contributed by atoms with E-state index in [9.17, 15) is 0 Å². The van der Waals surface area contributed by atoms with E-state index in [2.05, 4.69) is 56.9 Å². The molecule has 0 spiro atoms. The summed E-state index contributed by atoms with van der Waals surface area (Å²) in [6.45, 7) is 10.4. The standard InChI is InChI=1S/C16H26N2O/c1-11-5-7-15(8-6-11)16(14(4)17)18-9-12(2)19-13(3)10-18/h5-8,12-14,16H,9-10,17H2,1-4H3/t12-,13+,14?,16?. The Balaban J connectivity index is 2.22. The van der Waals surface area contributed by atoms with Crippen molar-refractivity contribution in [1.82, 2.24) is 4.90 Å². The summed E-state index contributed by atoms with van der Waals surface area (Å²) >= 11 is 0. The second kappa shape index (κ2) is 6.04. The first-order valence-electron chi connectivity index (χ1n) is 7.19. The molecule has 0 bridgehead atoms. The Hall–Kier alpha value is -0.900. The van der Waals surface area contributed by atoms with Crippen LogP contribution in [0.1, 0.15) is 37.9 Å². The molecule has 2 N–H and O–H groups in total. The molecule has 1 aromatic rings. The smallest absolute Gasteiger partial charge is 0.0678 e. The first-order chi connectivity index (χ1) is 8.97. The molecule has 0 amide bonds. The number of rotatable bonds is 3. The predicted octanol–water partition coefficient (Wildman–Crippen LogP) is 2.49. The molecule has 0 aromatic heterocycles. The van der Waals surface area contributed by atoms with Crippen molar-refractivity contribution in [2.45, 2.75) is 52.0 Å². The van der Waals surface area contributed by atoms with Crippen LogP contribution in [0.3, 0.4) is 0 Å². The molecule has 1 aromatic carbocycles. The largest absolute Gasteiger partial charge is 0.373 e. The zero-order valence-electron chi connectivity index (χ0n) is 12.5. The van der Waals surface area contributed by atoms with E-state index in [1.165, 1.54) is 11.1 Å².